The second-order valence-corrected chi connectivity index (χ2v) is 4.71. The predicted octanol–water partition coefficient (Wildman–Crippen LogP) is 1.84. The quantitative estimate of drug-likeness (QED) is 0.708. The first-order chi connectivity index (χ1) is 9.43. The average Bonchev–Trinajstić information content (AvgIpc) is 2.80. The van der Waals surface area contributed by atoms with E-state index in [0.29, 0.717) is 18.1 Å². The van der Waals surface area contributed by atoms with E-state index in [2.05, 4.69) is 15.6 Å². The smallest absolute Gasteiger partial charge is 0.315 e. The van der Waals surface area contributed by atoms with E-state index < -0.39 is 17.9 Å². The number of aryl methyl sites for hydroxylation is 1. The summed E-state index contributed by atoms with van der Waals surface area (Å²) < 4.78 is 5.30. The lowest BCUT2D eigenvalue weighted by molar-refractivity contribution is -0.141. The molecule has 7 heteroatoms. The van der Waals surface area contributed by atoms with Gasteiger partial charge in [-0.1, -0.05) is 13.3 Å². The Labute approximate surface area is 117 Å². The van der Waals surface area contributed by atoms with Crippen molar-refractivity contribution in [3.63, 3.8) is 0 Å². The second-order valence-electron chi connectivity index (χ2n) is 4.71. The Hall–Kier alpha value is -2.05. The summed E-state index contributed by atoms with van der Waals surface area (Å²) in [6, 6.07) is -0.811. The van der Waals surface area contributed by atoms with Gasteiger partial charge in [-0.3, -0.25) is 4.79 Å². The molecule has 0 radical (unpaired) electrons. The molecule has 0 fully saturated rings. The molecule has 1 aromatic heterocycles. The van der Waals surface area contributed by atoms with Crippen LogP contribution in [0.15, 0.2) is 10.6 Å². The first-order valence-corrected chi connectivity index (χ1v) is 6.63. The van der Waals surface area contributed by atoms with Gasteiger partial charge in [0, 0.05) is 6.54 Å². The lowest BCUT2D eigenvalue weighted by Gasteiger charge is -2.15. The van der Waals surface area contributed by atoms with Gasteiger partial charge >= 0.3 is 12.0 Å². The topological polar surface area (TPSA) is 104 Å². The van der Waals surface area contributed by atoms with Crippen molar-refractivity contribution in [3.8, 4) is 0 Å². The zero-order chi connectivity index (χ0) is 15.1. The average molecular weight is 283 g/mol. The molecule has 1 aromatic rings. The maximum absolute atomic E-state index is 11.7. The number of aromatic nitrogens is 1. The molecule has 0 bridgehead atoms. The minimum Gasteiger partial charge on any atom is -0.481 e. The summed E-state index contributed by atoms with van der Waals surface area (Å²) in [7, 11) is 0. The van der Waals surface area contributed by atoms with Crippen LogP contribution in [-0.2, 0) is 4.79 Å². The third-order valence-electron chi connectivity index (χ3n) is 2.85. The summed E-state index contributed by atoms with van der Waals surface area (Å²) in [4.78, 5) is 26.7. The first-order valence-electron chi connectivity index (χ1n) is 6.63. The van der Waals surface area contributed by atoms with Crippen LogP contribution >= 0.6 is 0 Å². The maximum Gasteiger partial charge on any atom is 0.315 e. The fraction of sp³-hybridized carbons (Fsp3) is 0.615. The molecule has 0 saturated heterocycles. The molecule has 2 atom stereocenters. The number of carbonyl (C=O) groups excluding carboxylic acids is 1. The summed E-state index contributed by atoms with van der Waals surface area (Å²) in [5.74, 6) is -0.377. The van der Waals surface area contributed by atoms with Crippen LogP contribution in [0.3, 0.4) is 0 Å². The number of nitrogens with zero attached hydrogens (tertiary/aromatic N) is 1. The van der Waals surface area contributed by atoms with Crippen molar-refractivity contribution in [2.45, 2.75) is 39.7 Å². The van der Waals surface area contributed by atoms with Crippen molar-refractivity contribution in [1.82, 2.24) is 15.6 Å². The van der Waals surface area contributed by atoms with Gasteiger partial charge in [0.2, 0.25) is 5.89 Å². The molecule has 0 aromatic carbocycles. The minimum atomic E-state index is -0.900. The molecule has 0 aliphatic heterocycles. The largest absolute Gasteiger partial charge is 0.481 e. The minimum absolute atomic E-state index is 0.104. The zero-order valence-corrected chi connectivity index (χ0v) is 12.0. The van der Waals surface area contributed by atoms with Gasteiger partial charge in [-0.2, -0.15) is 0 Å². The molecular formula is C13H21N3O4. The van der Waals surface area contributed by atoms with E-state index in [4.69, 9.17) is 9.52 Å². The lowest BCUT2D eigenvalue weighted by Crippen LogP contribution is -2.40. The Kier molecular flexibility index (Phi) is 6.02. The van der Waals surface area contributed by atoms with Crippen LogP contribution in [0.4, 0.5) is 4.79 Å². The van der Waals surface area contributed by atoms with E-state index in [1.807, 2.05) is 6.92 Å². The number of carboxylic acid groups (broad SMARTS) is 1. The molecule has 0 saturated carbocycles. The number of aliphatic carboxylic acids is 1. The van der Waals surface area contributed by atoms with Crippen molar-refractivity contribution in [3.05, 3.63) is 17.8 Å². The Morgan fingerprint density at radius 1 is 1.50 bits per heavy atom. The van der Waals surface area contributed by atoms with Crippen LogP contribution in [0.25, 0.3) is 0 Å². The van der Waals surface area contributed by atoms with Gasteiger partial charge in [-0.15, -0.1) is 0 Å². The van der Waals surface area contributed by atoms with Crippen molar-refractivity contribution in [1.29, 1.82) is 0 Å². The molecule has 112 valence electrons. The van der Waals surface area contributed by atoms with Crippen molar-refractivity contribution >= 4 is 12.0 Å². The highest BCUT2D eigenvalue weighted by Crippen LogP contribution is 2.11. The van der Waals surface area contributed by atoms with Crippen molar-refractivity contribution < 1.29 is 19.1 Å². The van der Waals surface area contributed by atoms with E-state index in [1.165, 1.54) is 0 Å². The number of amides is 2. The van der Waals surface area contributed by atoms with Crippen LogP contribution in [0.5, 0.6) is 0 Å². The van der Waals surface area contributed by atoms with E-state index in [9.17, 15) is 9.59 Å². The Balaban J connectivity index is 2.41. The van der Waals surface area contributed by atoms with Gasteiger partial charge < -0.3 is 20.2 Å². The summed E-state index contributed by atoms with van der Waals surface area (Å²) in [5.41, 5.74) is 0. The third-order valence-corrected chi connectivity index (χ3v) is 2.85. The van der Waals surface area contributed by atoms with Crippen molar-refractivity contribution in [2.24, 2.45) is 5.92 Å². The van der Waals surface area contributed by atoms with Gasteiger partial charge in [0.15, 0.2) is 0 Å². The molecule has 2 unspecified atom stereocenters. The number of rotatable bonds is 7. The standard InChI is InChI=1S/C13H21N3O4/c1-4-5-10(12(17)18)7-15-13(19)16-9(3)11-14-6-8(2)20-11/h6,9-10H,4-5,7H2,1-3H3,(H,17,18)(H2,15,16,19). The Bertz CT molecular complexity index is 458. The maximum atomic E-state index is 11.7. The number of hydrogen-bond acceptors (Lipinski definition) is 4. The van der Waals surface area contributed by atoms with Gasteiger partial charge in [0.1, 0.15) is 11.8 Å². The molecule has 0 aliphatic rings. The highest BCUT2D eigenvalue weighted by atomic mass is 16.4. The molecule has 0 spiro atoms. The Morgan fingerprint density at radius 3 is 2.70 bits per heavy atom. The normalized spacial score (nSPS) is 13.6. The van der Waals surface area contributed by atoms with E-state index >= 15 is 0 Å². The van der Waals surface area contributed by atoms with Gasteiger partial charge in [0.25, 0.3) is 0 Å². The lowest BCUT2D eigenvalue weighted by atomic mass is 10.0. The van der Waals surface area contributed by atoms with E-state index in [-0.39, 0.29) is 12.6 Å². The monoisotopic (exact) mass is 283 g/mol. The second kappa shape index (κ2) is 7.52. The highest BCUT2D eigenvalue weighted by Gasteiger charge is 2.19. The number of nitrogens with one attached hydrogen (secondary N) is 2. The molecule has 7 nitrogen and oxygen atoms in total. The summed E-state index contributed by atoms with van der Waals surface area (Å²) in [6.45, 7) is 5.52. The fourth-order valence-electron chi connectivity index (χ4n) is 1.76. The number of urea groups is 1. The first kappa shape index (κ1) is 16.0. The van der Waals surface area contributed by atoms with Crippen LogP contribution in [0.2, 0.25) is 0 Å². The molecule has 2 amide bonds. The number of hydrogen-bond donors (Lipinski definition) is 3. The summed E-state index contributed by atoms with van der Waals surface area (Å²) in [6.07, 6.45) is 2.86. The molecule has 0 aliphatic carbocycles. The van der Waals surface area contributed by atoms with Crippen LogP contribution in [0.1, 0.15) is 44.4 Å². The zero-order valence-electron chi connectivity index (χ0n) is 12.0. The van der Waals surface area contributed by atoms with Gasteiger partial charge in [-0.25, -0.2) is 9.78 Å². The molecule has 3 N–H and O–H groups in total. The van der Waals surface area contributed by atoms with Gasteiger partial charge in [-0.05, 0) is 20.3 Å². The summed E-state index contributed by atoms with van der Waals surface area (Å²) in [5, 5.41) is 14.2. The molecular weight excluding hydrogens is 262 g/mol. The molecule has 20 heavy (non-hydrogen) atoms. The summed E-state index contributed by atoms with van der Waals surface area (Å²) >= 11 is 0. The number of carbonyl (C=O) groups is 2. The third kappa shape index (κ3) is 4.91. The highest BCUT2D eigenvalue weighted by molar-refractivity contribution is 5.76. The van der Waals surface area contributed by atoms with Crippen LogP contribution < -0.4 is 10.6 Å². The van der Waals surface area contributed by atoms with Crippen LogP contribution in [-0.4, -0.2) is 28.6 Å². The van der Waals surface area contributed by atoms with Crippen molar-refractivity contribution in [2.75, 3.05) is 6.54 Å². The SMILES string of the molecule is CCCC(CNC(=O)NC(C)c1ncc(C)o1)C(=O)O. The van der Waals surface area contributed by atoms with E-state index in [0.717, 1.165) is 6.42 Å². The number of oxazole rings is 1. The molecule has 1 heterocycles. The van der Waals surface area contributed by atoms with E-state index in [1.54, 1.807) is 20.0 Å². The molecule has 1 rings (SSSR count). The Morgan fingerprint density at radius 2 is 2.20 bits per heavy atom. The predicted molar refractivity (Wildman–Crippen MR) is 72.2 cm³/mol. The van der Waals surface area contributed by atoms with Gasteiger partial charge in [0.05, 0.1) is 12.1 Å². The number of carboxylic acids is 1. The fourth-order valence-corrected chi connectivity index (χ4v) is 1.76. The van der Waals surface area contributed by atoms with Crippen LogP contribution in [0, 0.1) is 12.8 Å².